The topological polar surface area (TPSA) is 26.2 Å². The molecule has 1 unspecified atom stereocenters. The van der Waals surface area contributed by atoms with E-state index in [2.05, 4.69) is 61.1 Å². The molecule has 2 aromatic rings. The fraction of sp³-hybridized carbons (Fsp3) is 0.556. The van der Waals surface area contributed by atoms with Crippen LogP contribution in [0.15, 0.2) is 30.5 Å². The second-order valence-corrected chi connectivity index (χ2v) is 6.08. The van der Waals surface area contributed by atoms with Crippen molar-refractivity contribution in [2.24, 2.45) is 0 Å². The zero-order valence-electron chi connectivity index (χ0n) is 13.7. The van der Waals surface area contributed by atoms with Crippen molar-refractivity contribution in [1.82, 2.24) is 9.88 Å². The fourth-order valence-electron chi connectivity index (χ4n) is 2.69. The molecule has 1 aromatic carbocycles. The van der Waals surface area contributed by atoms with E-state index in [0.717, 1.165) is 19.5 Å². The number of methoxy groups -OCH3 is 1. The molecule has 0 spiro atoms. The summed E-state index contributed by atoms with van der Waals surface area (Å²) in [4.78, 5) is 0. The Hall–Kier alpha value is -1.32. The van der Waals surface area contributed by atoms with Crippen LogP contribution in [0.2, 0.25) is 0 Å². The van der Waals surface area contributed by atoms with Crippen LogP contribution >= 0.6 is 0 Å². The monoisotopic (exact) mass is 288 g/mol. The molecule has 1 aromatic heterocycles. The number of nitrogens with one attached hydrogen (secondary N) is 1. The van der Waals surface area contributed by atoms with Crippen molar-refractivity contribution in [2.75, 3.05) is 13.7 Å². The quantitative estimate of drug-likeness (QED) is 0.751. The van der Waals surface area contributed by atoms with Crippen molar-refractivity contribution in [3.63, 3.8) is 0 Å². The highest BCUT2D eigenvalue weighted by atomic mass is 16.5. The minimum absolute atomic E-state index is 0.233. The molecule has 0 saturated carbocycles. The van der Waals surface area contributed by atoms with Crippen LogP contribution in [0.25, 0.3) is 10.9 Å². The van der Waals surface area contributed by atoms with Crippen molar-refractivity contribution < 1.29 is 4.74 Å². The Morgan fingerprint density at radius 1 is 1.19 bits per heavy atom. The van der Waals surface area contributed by atoms with Gasteiger partial charge in [0.1, 0.15) is 0 Å². The molecule has 3 heteroatoms. The third-order valence-corrected chi connectivity index (χ3v) is 3.90. The van der Waals surface area contributed by atoms with Crippen LogP contribution in [0.5, 0.6) is 0 Å². The Balaban J connectivity index is 2.12. The van der Waals surface area contributed by atoms with Gasteiger partial charge in [0, 0.05) is 36.8 Å². The van der Waals surface area contributed by atoms with Gasteiger partial charge in [0.2, 0.25) is 0 Å². The van der Waals surface area contributed by atoms with E-state index < -0.39 is 0 Å². The molecule has 0 radical (unpaired) electrons. The molecular weight excluding hydrogens is 260 g/mol. The molecule has 0 bridgehead atoms. The zero-order valence-corrected chi connectivity index (χ0v) is 13.7. The molecule has 116 valence electrons. The number of benzene rings is 1. The van der Waals surface area contributed by atoms with Crippen LogP contribution in [0.1, 0.15) is 32.8 Å². The number of ether oxygens (including phenoxy) is 1. The normalized spacial score (nSPS) is 13.2. The molecule has 0 aliphatic rings. The largest absolute Gasteiger partial charge is 0.380 e. The van der Waals surface area contributed by atoms with Gasteiger partial charge in [-0.25, -0.2) is 0 Å². The minimum Gasteiger partial charge on any atom is -0.380 e. The lowest BCUT2D eigenvalue weighted by Gasteiger charge is -2.11. The molecule has 21 heavy (non-hydrogen) atoms. The van der Waals surface area contributed by atoms with Crippen LogP contribution in [-0.4, -0.2) is 30.4 Å². The third-order valence-electron chi connectivity index (χ3n) is 3.90. The number of nitrogens with zero attached hydrogens (tertiary/aromatic N) is 1. The number of hydrogen-bond acceptors (Lipinski definition) is 2. The van der Waals surface area contributed by atoms with Gasteiger partial charge in [-0.2, -0.15) is 0 Å². The number of para-hydroxylation sites is 1. The summed E-state index contributed by atoms with van der Waals surface area (Å²) in [6.07, 6.45) is 4.83. The highest BCUT2D eigenvalue weighted by Gasteiger charge is 2.10. The Bertz CT molecular complexity index is 559. The van der Waals surface area contributed by atoms with Crippen molar-refractivity contribution >= 4 is 10.9 Å². The summed E-state index contributed by atoms with van der Waals surface area (Å²) < 4.78 is 7.73. The summed E-state index contributed by atoms with van der Waals surface area (Å²) in [6, 6.07) is 9.24. The Morgan fingerprint density at radius 2 is 1.95 bits per heavy atom. The van der Waals surface area contributed by atoms with Crippen molar-refractivity contribution in [3.05, 3.63) is 36.0 Å². The molecule has 1 heterocycles. The lowest BCUT2D eigenvalue weighted by molar-refractivity contribution is 0.104. The van der Waals surface area contributed by atoms with Gasteiger partial charge in [-0.1, -0.05) is 32.0 Å². The maximum Gasteiger partial charge on any atom is 0.0722 e. The summed E-state index contributed by atoms with van der Waals surface area (Å²) in [5.74, 6) is 0. The summed E-state index contributed by atoms with van der Waals surface area (Å²) in [6.45, 7) is 8.48. The zero-order chi connectivity index (χ0) is 15.2. The number of aromatic nitrogens is 1. The Kier molecular flexibility index (Phi) is 5.83. The minimum atomic E-state index is 0.233. The molecular formula is C18H28N2O. The van der Waals surface area contributed by atoms with Crippen LogP contribution in [-0.2, 0) is 17.7 Å². The standard InChI is InChI=1S/C18H28N2O/c1-14(2)19-11-7-8-16-13-20(12-15(3)21-4)18-10-6-5-9-17(16)18/h5-6,9-10,13-15,19H,7-8,11-12H2,1-4H3. The second kappa shape index (κ2) is 7.62. The summed E-state index contributed by atoms with van der Waals surface area (Å²) in [5.41, 5.74) is 2.76. The van der Waals surface area contributed by atoms with Crippen LogP contribution in [0.4, 0.5) is 0 Å². The second-order valence-electron chi connectivity index (χ2n) is 6.08. The maximum atomic E-state index is 5.41. The van der Waals surface area contributed by atoms with Crippen molar-refractivity contribution in [1.29, 1.82) is 0 Å². The molecule has 2 rings (SSSR count). The molecule has 1 N–H and O–H groups in total. The SMILES string of the molecule is COC(C)Cn1cc(CCCNC(C)C)c2ccccc21. The summed E-state index contributed by atoms with van der Waals surface area (Å²) >= 11 is 0. The first-order chi connectivity index (χ1) is 10.1. The summed E-state index contributed by atoms with van der Waals surface area (Å²) in [5, 5.41) is 4.87. The maximum absolute atomic E-state index is 5.41. The van der Waals surface area contributed by atoms with Gasteiger partial charge in [0.05, 0.1) is 6.10 Å². The Morgan fingerprint density at radius 3 is 2.67 bits per heavy atom. The van der Waals surface area contributed by atoms with E-state index in [1.165, 1.54) is 22.9 Å². The molecule has 0 saturated heterocycles. The van der Waals surface area contributed by atoms with Crippen LogP contribution in [0.3, 0.4) is 0 Å². The van der Waals surface area contributed by atoms with E-state index in [4.69, 9.17) is 4.74 Å². The summed E-state index contributed by atoms with van der Waals surface area (Å²) in [7, 11) is 1.77. The molecule has 3 nitrogen and oxygen atoms in total. The van der Waals surface area contributed by atoms with E-state index in [-0.39, 0.29) is 6.10 Å². The predicted molar refractivity (Wildman–Crippen MR) is 89.9 cm³/mol. The molecule has 0 amide bonds. The molecule has 0 aliphatic carbocycles. The number of hydrogen-bond donors (Lipinski definition) is 1. The first-order valence-electron chi connectivity index (χ1n) is 7.94. The van der Waals surface area contributed by atoms with Gasteiger partial charge in [0.25, 0.3) is 0 Å². The predicted octanol–water partition coefficient (Wildman–Crippen LogP) is 3.61. The van der Waals surface area contributed by atoms with E-state index in [0.29, 0.717) is 6.04 Å². The van der Waals surface area contributed by atoms with Crippen LogP contribution < -0.4 is 5.32 Å². The molecule has 0 fully saturated rings. The third kappa shape index (κ3) is 4.32. The van der Waals surface area contributed by atoms with Gasteiger partial charge in [0.15, 0.2) is 0 Å². The highest BCUT2D eigenvalue weighted by molar-refractivity contribution is 5.84. The first-order valence-corrected chi connectivity index (χ1v) is 7.94. The molecule has 0 aliphatic heterocycles. The highest BCUT2D eigenvalue weighted by Crippen LogP contribution is 2.23. The average Bonchev–Trinajstić information content (AvgIpc) is 2.82. The van der Waals surface area contributed by atoms with Gasteiger partial charge in [-0.15, -0.1) is 0 Å². The lowest BCUT2D eigenvalue weighted by atomic mass is 10.1. The van der Waals surface area contributed by atoms with Gasteiger partial charge >= 0.3 is 0 Å². The van der Waals surface area contributed by atoms with Gasteiger partial charge in [-0.05, 0) is 37.9 Å². The van der Waals surface area contributed by atoms with Gasteiger partial charge in [-0.3, -0.25) is 0 Å². The number of rotatable bonds is 8. The Labute approximate surface area is 128 Å². The van der Waals surface area contributed by atoms with E-state index in [9.17, 15) is 0 Å². The number of aryl methyl sites for hydroxylation is 1. The lowest BCUT2D eigenvalue weighted by Crippen LogP contribution is -2.23. The van der Waals surface area contributed by atoms with Crippen LogP contribution in [0, 0.1) is 0 Å². The molecule has 1 atom stereocenters. The van der Waals surface area contributed by atoms with E-state index in [1.807, 2.05) is 0 Å². The first kappa shape index (κ1) is 16.1. The van der Waals surface area contributed by atoms with E-state index in [1.54, 1.807) is 7.11 Å². The fourth-order valence-corrected chi connectivity index (χ4v) is 2.69. The van der Waals surface area contributed by atoms with Gasteiger partial charge < -0.3 is 14.6 Å². The number of fused-ring (bicyclic) bond motifs is 1. The van der Waals surface area contributed by atoms with Crippen molar-refractivity contribution in [2.45, 2.75) is 52.3 Å². The van der Waals surface area contributed by atoms with Crippen molar-refractivity contribution in [3.8, 4) is 0 Å². The smallest absolute Gasteiger partial charge is 0.0722 e. The average molecular weight is 288 g/mol. The van der Waals surface area contributed by atoms with E-state index >= 15 is 0 Å².